The van der Waals surface area contributed by atoms with Crippen molar-refractivity contribution in [3.05, 3.63) is 35.7 Å². The molecule has 1 aromatic carbocycles. The van der Waals surface area contributed by atoms with Gasteiger partial charge in [-0.2, -0.15) is 4.98 Å². The summed E-state index contributed by atoms with van der Waals surface area (Å²) in [5.74, 6) is 0.751. The van der Waals surface area contributed by atoms with E-state index in [9.17, 15) is 4.79 Å². The second-order valence-corrected chi connectivity index (χ2v) is 4.61. The smallest absolute Gasteiger partial charge is 0.251 e. The van der Waals surface area contributed by atoms with E-state index in [4.69, 9.17) is 9.63 Å². The SMILES string of the molecule is Cc1nc(-c2cccc(C(=O)NCCC(C)O)c2)no1. The van der Waals surface area contributed by atoms with Crippen LogP contribution >= 0.6 is 0 Å². The van der Waals surface area contributed by atoms with E-state index in [-0.39, 0.29) is 5.91 Å². The highest BCUT2D eigenvalue weighted by Crippen LogP contribution is 2.17. The van der Waals surface area contributed by atoms with Gasteiger partial charge in [0.25, 0.3) is 5.91 Å². The number of rotatable bonds is 5. The minimum atomic E-state index is -0.427. The van der Waals surface area contributed by atoms with E-state index in [2.05, 4.69) is 15.5 Å². The second-order valence-electron chi connectivity index (χ2n) is 4.61. The first-order chi connectivity index (χ1) is 9.56. The molecule has 106 valence electrons. The summed E-state index contributed by atoms with van der Waals surface area (Å²) in [6.45, 7) is 3.83. The van der Waals surface area contributed by atoms with Gasteiger partial charge >= 0.3 is 0 Å². The van der Waals surface area contributed by atoms with Crippen molar-refractivity contribution in [3.63, 3.8) is 0 Å². The quantitative estimate of drug-likeness (QED) is 0.864. The number of nitrogens with zero attached hydrogens (tertiary/aromatic N) is 2. The summed E-state index contributed by atoms with van der Waals surface area (Å²) in [6, 6.07) is 7.01. The van der Waals surface area contributed by atoms with Gasteiger partial charge in [-0.25, -0.2) is 0 Å². The van der Waals surface area contributed by atoms with Gasteiger partial charge in [-0.1, -0.05) is 17.3 Å². The molecule has 6 heteroatoms. The van der Waals surface area contributed by atoms with Crippen LogP contribution in [-0.4, -0.2) is 33.8 Å². The van der Waals surface area contributed by atoms with E-state index in [1.165, 1.54) is 0 Å². The highest BCUT2D eigenvalue weighted by molar-refractivity contribution is 5.95. The van der Waals surface area contributed by atoms with Crippen LogP contribution in [-0.2, 0) is 0 Å². The van der Waals surface area contributed by atoms with Crippen molar-refractivity contribution < 1.29 is 14.4 Å². The predicted molar refractivity (Wildman–Crippen MR) is 73.1 cm³/mol. The lowest BCUT2D eigenvalue weighted by molar-refractivity contribution is 0.0945. The molecule has 0 radical (unpaired) electrons. The molecule has 20 heavy (non-hydrogen) atoms. The Bertz CT molecular complexity index is 593. The Hall–Kier alpha value is -2.21. The number of aliphatic hydroxyl groups excluding tert-OH is 1. The van der Waals surface area contributed by atoms with Crippen molar-refractivity contribution in [3.8, 4) is 11.4 Å². The Kier molecular flexibility index (Phi) is 4.47. The molecule has 1 unspecified atom stereocenters. The zero-order valence-corrected chi connectivity index (χ0v) is 11.5. The van der Waals surface area contributed by atoms with E-state index >= 15 is 0 Å². The summed E-state index contributed by atoms with van der Waals surface area (Å²) < 4.78 is 4.92. The van der Waals surface area contributed by atoms with E-state index in [1.54, 1.807) is 32.0 Å². The lowest BCUT2D eigenvalue weighted by Gasteiger charge is -2.07. The molecule has 0 saturated carbocycles. The zero-order valence-electron chi connectivity index (χ0n) is 11.5. The van der Waals surface area contributed by atoms with Gasteiger partial charge in [0.05, 0.1) is 6.10 Å². The van der Waals surface area contributed by atoms with Crippen LogP contribution in [0.2, 0.25) is 0 Å². The van der Waals surface area contributed by atoms with Gasteiger partial charge in [-0.15, -0.1) is 0 Å². The van der Waals surface area contributed by atoms with Gasteiger partial charge in [0.1, 0.15) is 0 Å². The molecule has 2 aromatic rings. The number of aryl methyl sites for hydroxylation is 1. The lowest BCUT2D eigenvalue weighted by atomic mass is 10.1. The molecule has 0 fully saturated rings. The van der Waals surface area contributed by atoms with Crippen molar-refractivity contribution >= 4 is 5.91 Å². The molecule has 1 atom stereocenters. The maximum Gasteiger partial charge on any atom is 0.251 e. The topological polar surface area (TPSA) is 88.2 Å². The Morgan fingerprint density at radius 1 is 1.50 bits per heavy atom. The van der Waals surface area contributed by atoms with Crippen LogP contribution in [0.15, 0.2) is 28.8 Å². The molecule has 1 heterocycles. The van der Waals surface area contributed by atoms with Gasteiger partial charge in [0.15, 0.2) is 0 Å². The van der Waals surface area contributed by atoms with Crippen LogP contribution in [0.4, 0.5) is 0 Å². The normalized spacial score (nSPS) is 12.2. The Labute approximate surface area is 116 Å². The highest BCUT2D eigenvalue weighted by Gasteiger charge is 2.10. The molecule has 0 bridgehead atoms. The first-order valence-electron chi connectivity index (χ1n) is 6.43. The van der Waals surface area contributed by atoms with Gasteiger partial charge in [-0.3, -0.25) is 4.79 Å². The monoisotopic (exact) mass is 275 g/mol. The van der Waals surface area contributed by atoms with Crippen LogP contribution in [0.3, 0.4) is 0 Å². The number of aliphatic hydroxyl groups is 1. The zero-order chi connectivity index (χ0) is 14.5. The Balaban J connectivity index is 2.07. The fraction of sp³-hybridized carbons (Fsp3) is 0.357. The number of hydrogen-bond acceptors (Lipinski definition) is 5. The number of amides is 1. The largest absolute Gasteiger partial charge is 0.393 e. The number of aromatic nitrogens is 2. The first-order valence-corrected chi connectivity index (χ1v) is 6.43. The molecule has 0 aliphatic heterocycles. The van der Waals surface area contributed by atoms with Crippen molar-refractivity contribution in [2.24, 2.45) is 0 Å². The lowest BCUT2D eigenvalue weighted by Crippen LogP contribution is -2.26. The fourth-order valence-corrected chi connectivity index (χ4v) is 1.71. The molecular weight excluding hydrogens is 258 g/mol. The summed E-state index contributed by atoms with van der Waals surface area (Å²) in [4.78, 5) is 16.1. The number of hydrogen-bond donors (Lipinski definition) is 2. The van der Waals surface area contributed by atoms with Crippen molar-refractivity contribution in [1.82, 2.24) is 15.5 Å². The Morgan fingerprint density at radius 2 is 2.30 bits per heavy atom. The molecule has 1 amide bonds. The van der Waals surface area contributed by atoms with Crippen LogP contribution in [0.25, 0.3) is 11.4 Å². The van der Waals surface area contributed by atoms with Gasteiger partial charge < -0.3 is 14.9 Å². The molecular formula is C14H17N3O3. The summed E-state index contributed by atoms with van der Waals surface area (Å²) in [6.07, 6.45) is 0.0964. The minimum Gasteiger partial charge on any atom is -0.393 e. The van der Waals surface area contributed by atoms with E-state index in [1.807, 2.05) is 6.07 Å². The summed E-state index contributed by atoms with van der Waals surface area (Å²) in [7, 11) is 0. The van der Waals surface area contributed by atoms with Crippen LogP contribution in [0.1, 0.15) is 29.6 Å². The molecule has 0 saturated heterocycles. The molecule has 1 aromatic heterocycles. The molecule has 0 aliphatic rings. The van der Waals surface area contributed by atoms with Crippen LogP contribution < -0.4 is 5.32 Å². The standard InChI is InChI=1S/C14H17N3O3/c1-9(18)6-7-15-14(19)12-5-3-4-11(8-12)13-16-10(2)20-17-13/h3-5,8-9,18H,6-7H2,1-2H3,(H,15,19). The number of carbonyl (C=O) groups excluding carboxylic acids is 1. The van der Waals surface area contributed by atoms with Crippen molar-refractivity contribution in [1.29, 1.82) is 0 Å². The summed E-state index contributed by atoms with van der Waals surface area (Å²) >= 11 is 0. The molecule has 0 aliphatic carbocycles. The van der Waals surface area contributed by atoms with E-state index in [0.717, 1.165) is 5.56 Å². The van der Waals surface area contributed by atoms with E-state index in [0.29, 0.717) is 30.2 Å². The average molecular weight is 275 g/mol. The number of carbonyl (C=O) groups is 1. The maximum atomic E-state index is 12.0. The predicted octanol–water partition coefficient (Wildman–Crippen LogP) is 1.55. The molecule has 2 rings (SSSR count). The minimum absolute atomic E-state index is 0.187. The van der Waals surface area contributed by atoms with Gasteiger partial charge in [-0.05, 0) is 25.5 Å². The van der Waals surface area contributed by atoms with Crippen molar-refractivity contribution in [2.45, 2.75) is 26.4 Å². The maximum absolute atomic E-state index is 12.0. The third-order valence-electron chi connectivity index (χ3n) is 2.76. The summed E-state index contributed by atoms with van der Waals surface area (Å²) in [5, 5.41) is 15.7. The summed E-state index contributed by atoms with van der Waals surface area (Å²) in [5.41, 5.74) is 1.25. The number of benzene rings is 1. The third-order valence-corrected chi connectivity index (χ3v) is 2.76. The Morgan fingerprint density at radius 3 is 2.95 bits per heavy atom. The first kappa shape index (κ1) is 14.2. The molecule has 2 N–H and O–H groups in total. The molecule has 0 spiro atoms. The van der Waals surface area contributed by atoms with Crippen LogP contribution in [0.5, 0.6) is 0 Å². The fourth-order valence-electron chi connectivity index (χ4n) is 1.71. The van der Waals surface area contributed by atoms with Gasteiger partial charge in [0.2, 0.25) is 11.7 Å². The van der Waals surface area contributed by atoms with Gasteiger partial charge in [0, 0.05) is 24.6 Å². The molecule has 6 nitrogen and oxygen atoms in total. The van der Waals surface area contributed by atoms with Crippen LogP contribution in [0, 0.1) is 6.92 Å². The highest BCUT2D eigenvalue weighted by atomic mass is 16.5. The average Bonchev–Trinajstić information content (AvgIpc) is 2.85. The van der Waals surface area contributed by atoms with Crippen molar-refractivity contribution in [2.75, 3.05) is 6.54 Å². The third kappa shape index (κ3) is 3.64. The second kappa shape index (κ2) is 6.29. The van der Waals surface area contributed by atoms with E-state index < -0.39 is 6.10 Å². The number of nitrogens with one attached hydrogen (secondary N) is 1.